The van der Waals surface area contributed by atoms with Crippen LogP contribution in [0.4, 0.5) is 0 Å². The highest BCUT2D eigenvalue weighted by Gasteiger charge is 2.37. The molecule has 84 valence electrons. The summed E-state index contributed by atoms with van der Waals surface area (Å²) < 4.78 is 27.6. The van der Waals surface area contributed by atoms with Crippen LogP contribution in [0.5, 0.6) is 0 Å². The average Bonchev–Trinajstić information content (AvgIpc) is 2.72. The van der Waals surface area contributed by atoms with E-state index in [1.165, 1.54) is 12.5 Å². The molecule has 3 N–H and O–H groups in total. The van der Waals surface area contributed by atoms with Gasteiger partial charge in [-0.3, -0.25) is 0 Å². The van der Waals surface area contributed by atoms with Gasteiger partial charge in [0.15, 0.2) is 5.03 Å². The van der Waals surface area contributed by atoms with Crippen LogP contribution in [0.3, 0.4) is 0 Å². The predicted octanol–water partition coefficient (Wildman–Crippen LogP) is -0.719. The second kappa shape index (κ2) is 3.58. The van der Waals surface area contributed by atoms with Gasteiger partial charge in [0.2, 0.25) is 0 Å². The highest BCUT2D eigenvalue weighted by atomic mass is 32.2. The maximum Gasteiger partial charge on any atom is 0.259 e. The van der Waals surface area contributed by atoms with Gasteiger partial charge in [-0.1, -0.05) is 0 Å². The van der Waals surface area contributed by atoms with Crippen molar-refractivity contribution >= 4 is 10.0 Å². The monoisotopic (exact) mass is 230 g/mol. The Kier molecular flexibility index (Phi) is 2.53. The molecule has 1 aromatic rings. The Morgan fingerprint density at radius 3 is 2.87 bits per heavy atom. The Hall–Kier alpha value is -0.920. The van der Waals surface area contributed by atoms with Crippen LogP contribution in [-0.2, 0) is 16.6 Å². The summed E-state index contributed by atoms with van der Waals surface area (Å²) in [5.41, 5.74) is 5.53. The maximum atomic E-state index is 11.7. The molecule has 0 bridgehead atoms. The second-order valence-electron chi connectivity index (χ2n) is 3.67. The van der Waals surface area contributed by atoms with E-state index < -0.39 is 10.0 Å². The van der Waals surface area contributed by atoms with Crippen molar-refractivity contribution in [3.8, 4) is 0 Å². The summed E-state index contributed by atoms with van der Waals surface area (Å²) in [5.74, 6) is 0. The molecule has 1 aliphatic rings. The molecule has 0 saturated heterocycles. The topological polar surface area (TPSA) is 90.0 Å². The molecule has 2 rings (SSSR count). The molecule has 2 unspecified atom stereocenters. The number of nitrogens with one attached hydrogen (secondary N) is 1. The van der Waals surface area contributed by atoms with Crippen LogP contribution in [0.1, 0.15) is 13.3 Å². The van der Waals surface area contributed by atoms with Gasteiger partial charge >= 0.3 is 0 Å². The Bertz CT molecular complexity index is 453. The van der Waals surface area contributed by atoms with E-state index in [9.17, 15) is 8.42 Å². The van der Waals surface area contributed by atoms with Crippen molar-refractivity contribution in [2.45, 2.75) is 37.0 Å². The zero-order valence-electron chi connectivity index (χ0n) is 8.42. The largest absolute Gasteiger partial charge is 0.336 e. The highest BCUT2D eigenvalue weighted by Crippen LogP contribution is 2.20. The minimum Gasteiger partial charge on any atom is -0.336 e. The Morgan fingerprint density at radius 2 is 2.40 bits per heavy atom. The van der Waals surface area contributed by atoms with Crippen LogP contribution in [0, 0.1) is 0 Å². The minimum absolute atomic E-state index is 0.0481. The van der Waals surface area contributed by atoms with Crippen molar-refractivity contribution in [2.24, 2.45) is 5.73 Å². The van der Waals surface area contributed by atoms with Crippen molar-refractivity contribution in [1.29, 1.82) is 0 Å². The molecule has 1 saturated carbocycles. The van der Waals surface area contributed by atoms with Crippen LogP contribution in [-0.4, -0.2) is 30.1 Å². The van der Waals surface area contributed by atoms with Crippen LogP contribution in [0.2, 0.25) is 0 Å². The molecule has 2 atom stereocenters. The molecule has 0 aromatic carbocycles. The normalized spacial score (nSPS) is 25.5. The first kappa shape index (κ1) is 10.6. The smallest absolute Gasteiger partial charge is 0.259 e. The summed E-state index contributed by atoms with van der Waals surface area (Å²) >= 11 is 0. The lowest BCUT2D eigenvalue weighted by molar-refractivity contribution is 0.576. The minimum atomic E-state index is -3.48. The number of rotatable bonds is 4. The molecule has 6 nitrogen and oxygen atoms in total. The molecule has 1 fully saturated rings. The van der Waals surface area contributed by atoms with Gasteiger partial charge < -0.3 is 10.3 Å². The van der Waals surface area contributed by atoms with E-state index in [-0.39, 0.29) is 17.1 Å². The number of hydrogen-bond donors (Lipinski definition) is 2. The Labute approximate surface area is 88.5 Å². The molecule has 1 aliphatic carbocycles. The van der Waals surface area contributed by atoms with Gasteiger partial charge in [-0.2, -0.15) is 0 Å². The Balaban J connectivity index is 2.14. The number of aromatic nitrogens is 2. The van der Waals surface area contributed by atoms with E-state index in [0.717, 1.165) is 0 Å². The van der Waals surface area contributed by atoms with Gasteiger partial charge in [-0.25, -0.2) is 18.1 Å². The number of sulfonamides is 1. The molecule has 0 amide bonds. The molecule has 1 heterocycles. The maximum absolute atomic E-state index is 11.7. The third-order valence-electron chi connectivity index (χ3n) is 2.40. The van der Waals surface area contributed by atoms with Crippen molar-refractivity contribution in [3.05, 3.63) is 12.5 Å². The van der Waals surface area contributed by atoms with E-state index in [2.05, 4.69) is 9.71 Å². The molecule has 7 heteroatoms. The van der Waals surface area contributed by atoms with Crippen LogP contribution >= 0.6 is 0 Å². The average molecular weight is 230 g/mol. The van der Waals surface area contributed by atoms with E-state index in [1.807, 2.05) is 6.92 Å². The number of imidazole rings is 1. The summed E-state index contributed by atoms with van der Waals surface area (Å²) in [4.78, 5) is 3.84. The quantitative estimate of drug-likeness (QED) is 0.714. The standard InChI is InChI=1S/C8H14N4O2S/c1-2-12-4-8(10-5-12)15(13,14)11-7-3-6(7)9/h4-7,11H,2-3,9H2,1H3. The van der Waals surface area contributed by atoms with Gasteiger partial charge in [0.1, 0.15) is 0 Å². The van der Waals surface area contributed by atoms with Gasteiger partial charge in [0.05, 0.1) is 6.33 Å². The van der Waals surface area contributed by atoms with Gasteiger partial charge in [-0.05, 0) is 13.3 Å². The lowest BCUT2D eigenvalue weighted by Gasteiger charge is -2.01. The van der Waals surface area contributed by atoms with Gasteiger partial charge in [0.25, 0.3) is 10.0 Å². The highest BCUT2D eigenvalue weighted by molar-refractivity contribution is 7.89. The van der Waals surface area contributed by atoms with E-state index in [0.29, 0.717) is 13.0 Å². The number of aryl methyl sites for hydroxylation is 1. The van der Waals surface area contributed by atoms with E-state index in [1.54, 1.807) is 4.57 Å². The molecule has 1 aromatic heterocycles. The summed E-state index contributed by atoms with van der Waals surface area (Å²) in [7, 11) is -3.48. The first-order valence-corrected chi connectivity index (χ1v) is 6.31. The second-order valence-corrected chi connectivity index (χ2v) is 5.33. The number of nitrogens with zero attached hydrogens (tertiary/aromatic N) is 2. The first-order valence-electron chi connectivity index (χ1n) is 4.82. The summed E-state index contributed by atoms with van der Waals surface area (Å²) in [6.07, 6.45) is 3.71. The lowest BCUT2D eigenvalue weighted by atomic mass is 10.7. The fraction of sp³-hybridized carbons (Fsp3) is 0.625. The van der Waals surface area contributed by atoms with Crippen LogP contribution in [0.15, 0.2) is 17.6 Å². The van der Waals surface area contributed by atoms with Gasteiger partial charge in [0, 0.05) is 24.8 Å². The summed E-state index contributed by atoms with van der Waals surface area (Å²) in [5, 5.41) is 0.0588. The zero-order chi connectivity index (χ0) is 11.1. The van der Waals surface area contributed by atoms with Gasteiger partial charge in [-0.15, -0.1) is 0 Å². The zero-order valence-corrected chi connectivity index (χ0v) is 9.24. The molecule has 0 aliphatic heterocycles. The predicted molar refractivity (Wildman–Crippen MR) is 54.6 cm³/mol. The Morgan fingerprint density at radius 1 is 1.73 bits per heavy atom. The lowest BCUT2D eigenvalue weighted by Crippen LogP contribution is -2.30. The number of nitrogens with two attached hydrogens (primary N) is 1. The summed E-state index contributed by atoms with van der Waals surface area (Å²) in [6, 6.07) is -0.171. The molecule has 15 heavy (non-hydrogen) atoms. The SMILES string of the molecule is CCn1cnc(S(=O)(=O)NC2CC2N)c1. The number of hydrogen-bond acceptors (Lipinski definition) is 4. The molecular weight excluding hydrogens is 216 g/mol. The van der Waals surface area contributed by atoms with E-state index >= 15 is 0 Å². The summed E-state index contributed by atoms with van der Waals surface area (Å²) in [6.45, 7) is 2.62. The molecule has 0 spiro atoms. The molecule has 0 radical (unpaired) electrons. The van der Waals surface area contributed by atoms with Crippen molar-refractivity contribution in [2.75, 3.05) is 0 Å². The van der Waals surface area contributed by atoms with Crippen LogP contribution < -0.4 is 10.5 Å². The van der Waals surface area contributed by atoms with Crippen LogP contribution in [0.25, 0.3) is 0 Å². The van der Waals surface area contributed by atoms with Crippen molar-refractivity contribution in [1.82, 2.24) is 14.3 Å². The third kappa shape index (κ3) is 2.19. The molecular formula is C8H14N4O2S. The fourth-order valence-electron chi connectivity index (χ4n) is 1.26. The first-order chi connectivity index (χ1) is 7.03. The van der Waals surface area contributed by atoms with Crippen molar-refractivity contribution < 1.29 is 8.42 Å². The third-order valence-corrected chi connectivity index (χ3v) is 3.77. The fourth-order valence-corrected chi connectivity index (χ4v) is 2.51. The van der Waals surface area contributed by atoms with E-state index in [4.69, 9.17) is 5.73 Å². The van der Waals surface area contributed by atoms with Crippen molar-refractivity contribution in [3.63, 3.8) is 0 Å².